The molecule has 0 heterocycles. The molecule has 2 unspecified atom stereocenters. The van der Waals surface area contributed by atoms with Gasteiger partial charge in [-0.3, -0.25) is 0 Å². The number of aliphatic hydroxyl groups excluding tert-OH is 1. The van der Waals surface area contributed by atoms with Crippen LogP contribution in [0.15, 0.2) is 0 Å². The van der Waals surface area contributed by atoms with Gasteiger partial charge < -0.3 is 5.11 Å². The first kappa shape index (κ1) is 8.28. The van der Waals surface area contributed by atoms with Gasteiger partial charge >= 0.3 is 0 Å². The molecule has 1 N–H and O–H groups in total. The summed E-state index contributed by atoms with van der Waals surface area (Å²) in [7, 11) is 0. The van der Waals surface area contributed by atoms with Gasteiger partial charge in [0, 0.05) is 0 Å². The molecule has 0 saturated heterocycles. The molecule has 3 aliphatic carbocycles. The fraction of sp³-hybridized carbons (Fsp3) is 1.00. The van der Waals surface area contributed by atoms with Crippen molar-refractivity contribution in [3.05, 3.63) is 0 Å². The third-order valence-corrected chi connectivity index (χ3v) is 4.94. The Balaban J connectivity index is 1.57. The summed E-state index contributed by atoms with van der Waals surface area (Å²) in [5.74, 6) is 1.59. The SMILES string of the molecule is OC1CCCC1C1CC2(CCC2)C1. The van der Waals surface area contributed by atoms with Crippen LogP contribution in [0.3, 0.4) is 0 Å². The molecule has 1 spiro atoms. The van der Waals surface area contributed by atoms with Crippen LogP contribution in [-0.2, 0) is 0 Å². The summed E-state index contributed by atoms with van der Waals surface area (Å²) in [6.07, 6.45) is 11.1. The largest absolute Gasteiger partial charge is 0.393 e. The van der Waals surface area contributed by atoms with Gasteiger partial charge in [0.25, 0.3) is 0 Å². The number of hydrogen-bond donors (Lipinski definition) is 1. The van der Waals surface area contributed by atoms with E-state index >= 15 is 0 Å². The van der Waals surface area contributed by atoms with Crippen molar-refractivity contribution < 1.29 is 5.11 Å². The summed E-state index contributed by atoms with van der Waals surface area (Å²) >= 11 is 0. The zero-order valence-electron chi connectivity index (χ0n) is 8.34. The molecule has 13 heavy (non-hydrogen) atoms. The van der Waals surface area contributed by atoms with E-state index in [1.807, 2.05) is 0 Å². The van der Waals surface area contributed by atoms with E-state index in [1.54, 1.807) is 0 Å². The van der Waals surface area contributed by atoms with Gasteiger partial charge in [-0.05, 0) is 55.8 Å². The van der Waals surface area contributed by atoms with E-state index in [0.717, 1.165) is 17.8 Å². The minimum Gasteiger partial charge on any atom is -0.393 e. The highest BCUT2D eigenvalue weighted by Gasteiger charge is 2.51. The lowest BCUT2D eigenvalue weighted by Gasteiger charge is -2.56. The highest BCUT2D eigenvalue weighted by Crippen LogP contribution is 2.61. The average Bonchev–Trinajstić information content (AvgIpc) is 2.30. The molecule has 3 fully saturated rings. The van der Waals surface area contributed by atoms with Crippen molar-refractivity contribution in [2.45, 2.75) is 57.5 Å². The van der Waals surface area contributed by atoms with Gasteiger partial charge in [0.15, 0.2) is 0 Å². The minimum atomic E-state index is 0.0578. The van der Waals surface area contributed by atoms with Crippen LogP contribution in [0.2, 0.25) is 0 Å². The molecular weight excluding hydrogens is 160 g/mol. The Morgan fingerprint density at radius 1 is 1.00 bits per heavy atom. The van der Waals surface area contributed by atoms with Crippen LogP contribution >= 0.6 is 0 Å². The smallest absolute Gasteiger partial charge is 0.0571 e. The number of hydrogen-bond acceptors (Lipinski definition) is 1. The monoisotopic (exact) mass is 180 g/mol. The normalized spacial score (nSPS) is 43.2. The van der Waals surface area contributed by atoms with Crippen LogP contribution in [0.25, 0.3) is 0 Å². The van der Waals surface area contributed by atoms with Gasteiger partial charge in [0.1, 0.15) is 0 Å². The first-order valence-corrected chi connectivity index (χ1v) is 5.97. The van der Waals surface area contributed by atoms with E-state index < -0.39 is 0 Å². The molecule has 3 rings (SSSR count). The maximum Gasteiger partial charge on any atom is 0.0571 e. The molecule has 0 aliphatic heterocycles. The molecule has 0 aromatic carbocycles. The van der Waals surface area contributed by atoms with E-state index in [9.17, 15) is 5.11 Å². The van der Waals surface area contributed by atoms with Crippen molar-refractivity contribution in [2.24, 2.45) is 17.3 Å². The van der Waals surface area contributed by atoms with Crippen molar-refractivity contribution in [3.8, 4) is 0 Å². The van der Waals surface area contributed by atoms with E-state index in [2.05, 4.69) is 0 Å². The molecule has 1 nitrogen and oxygen atoms in total. The lowest BCUT2D eigenvalue weighted by atomic mass is 9.49. The van der Waals surface area contributed by atoms with Crippen LogP contribution in [0.1, 0.15) is 51.4 Å². The van der Waals surface area contributed by atoms with Gasteiger partial charge in [-0.15, -0.1) is 0 Å². The van der Waals surface area contributed by atoms with Crippen molar-refractivity contribution in [3.63, 3.8) is 0 Å². The molecule has 0 amide bonds. The number of aliphatic hydroxyl groups is 1. The molecule has 2 atom stereocenters. The Kier molecular flexibility index (Phi) is 1.74. The molecule has 0 aromatic rings. The summed E-state index contributed by atoms with van der Waals surface area (Å²) < 4.78 is 0. The molecule has 3 aliphatic rings. The first-order valence-electron chi connectivity index (χ1n) is 5.97. The first-order chi connectivity index (χ1) is 6.29. The lowest BCUT2D eigenvalue weighted by molar-refractivity contribution is -0.0698. The zero-order valence-corrected chi connectivity index (χ0v) is 8.34. The molecule has 0 aromatic heterocycles. The van der Waals surface area contributed by atoms with Crippen molar-refractivity contribution in [2.75, 3.05) is 0 Å². The average molecular weight is 180 g/mol. The maximum atomic E-state index is 9.79. The van der Waals surface area contributed by atoms with E-state index in [1.165, 1.54) is 44.9 Å². The van der Waals surface area contributed by atoms with Crippen LogP contribution in [0.5, 0.6) is 0 Å². The molecule has 0 radical (unpaired) electrons. The van der Waals surface area contributed by atoms with Crippen LogP contribution in [-0.4, -0.2) is 11.2 Å². The second-order valence-corrected chi connectivity index (χ2v) is 5.68. The second-order valence-electron chi connectivity index (χ2n) is 5.68. The fourth-order valence-corrected chi connectivity index (χ4v) is 3.96. The Bertz CT molecular complexity index is 199. The quantitative estimate of drug-likeness (QED) is 0.658. The van der Waals surface area contributed by atoms with Gasteiger partial charge in [-0.2, -0.15) is 0 Å². The topological polar surface area (TPSA) is 20.2 Å². The molecule has 74 valence electrons. The predicted molar refractivity (Wildman–Crippen MR) is 52.4 cm³/mol. The van der Waals surface area contributed by atoms with Crippen molar-refractivity contribution in [1.29, 1.82) is 0 Å². The summed E-state index contributed by atoms with van der Waals surface area (Å²) in [5.41, 5.74) is 0.799. The van der Waals surface area contributed by atoms with Crippen molar-refractivity contribution in [1.82, 2.24) is 0 Å². The third-order valence-electron chi connectivity index (χ3n) is 4.94. The minimum absolute atomic E-state index is 0.0578. The lowest BCUT2D eigenvalue weighted by Crippen LogP contribution is -2.46. The van der Waals surface area contributed by atoms with E-state index in [-0.39, 0.29) is 6.10 Å². The highest BCUT2D eigenvalue weighted by molar-refractivity contribution is 5.02. The Labute approximate surface area is 80.5 Å². The van der Waals surface area contributed by atoms with E-state index in [0.29, 0.717) is 5.92 Å². The molecular formula is C12H20O. The predicted octanol–water partition coefficient (Wildman–Crippen LogP) is 2.73. The van der Waals surface area contributed by atoms with Crippen LogP contribution in [0.4, 0.5) is 0 Å². The Morgan fingerprint density at radius 3 is 2.23 bits per heavy atom. The Hall–Kier alpha value is -0.0400. The van der Waals surface area contributed by atoms with Crippen LogP contribution in [0, 0.1) is 17.3 Å². The zero-order chi connectivity index (χ0) is 8.89. The van der Waals surface area contributed by atoms with Gasteiger partial charge in [0.05, 0.1) is 6.10 Å². The highest BCUT2D eigenvalue weighted by atomic mass is 16.3. The molecule has 0 bridgehead atoms. The summed E-state index contributed by atoms with van der Waals surface area (Å²) in [4.78, 5) is 0. The van der Waals surface area contributed by atoms with Crippen LogP contribution < -0.4 is 0 Å². The number of rotatable bonds is 1. The second kappa shape index (κ2) is 2.73. The van der Waals surface area contributed by atoms with Gasteiger partial charge in [-0.25, -0.2) is 0 Å². The maximum absolute atomic E-state index is 9.79. The van der Waals surface area contributed by atoms with Gasteiger partial charge in [0.2, 0.25) is 0 Å². The molecule has 1 heteroatoms. The van der Waals surface area contributed by atoms with E-state index in [4.69, 9.17) is 0 Å². The summed E-state index contributed by atoms with van der Waals surface area (Å²) in [6.45, 7) is 0. The van der Waals surface area contributed by atoms with Gasteiger partial charge in [-0.1, -0.05) is 12.8 Å². The summed E-state index contributed by atoms with van der Waals surface area (Å²) in [6, 6.07) is 0. The summed E-state index contributed by atoms with van der Waals surface area (Å²) in [5, 5.41) is 9.79. The Morgan fingerprint density at radius 2 is 1.77 bits per heavy atom. The van der Waals surface area contributed by atoms with Crippen molar-refractivity contribution >= 4 is 0 Å². The fourth-order valence-electron chi connectivity index (χ4n) is 3.96. The molecule has 3 saturated carbocycles. The standard InChI is InChI=1S/C12H20O/c13-11-4-1-3-10(11)9-7-12(8-9)5-2-6-12/h9-11,13H,1-8H2. The third kappa shape index (κ3) is 1.16.